The molecule has 1 rings (SSSR count). The molecular weight excluding hydrogens is 227 g/mol. The Morgan fingerprint density at radius 3 is 2.50 bits per heavy atom. The van der Waals surface area contributed by atoms with Crippen LogP contribution < -0.4 is 4.74 Å². The molecule has 0 amide bonds. The van der Waals surface area contributed by atoms with Crippen LogP contribution in [0.5, 0.6) is 5.88 Å². The van der Waals surface area contributed by atoms with Gasteiger partial charge < -0.3 is 9.47 Å². The molecule has 0 fully saturated rings. The van der Waals surface area contributed by atoms with Gasteiger partial charge in [-0.1, -0.05) is 0 Å². The van der Waals surface area contributed by atoms with Gasteiger partial charge in [-0.2, -0.15) is 0 Å². The van der Waals surface area contributed by atoms with Crippen LogP contribution in [-0.4, -0.2) is 25.2 Å². The maximum Gasteiger partial charge on any atom is 0.342 e. The molecule has 0 aliphatic rings. The maximum atomic E-state index is 13.5. The number of rotatable bonds is 3. The molecule has 0 aliphatic heterocycles. The number of carbonyl (C=O) groups is 1. The van der Waals surface area contributed by atoms with Gasteiger partial charge in [0.25, 0.3) is 6.43 Å². The van der Waals surface area contributed by atoms with Crippen molar-refractivity contribution in [3.63, 3.8) is 0 Å². The molecule has 0 unspecified atom stereocenters. The lowest BCUT2D eigenvalue weighted by molar-refractivity contribution is 0.0593. The molecule has 1 aromatic heterocycles. The smallest absolute Gasteiger partial charge is 0.342 e. The second kappa shape index (κ2) is 4.82. The first-order valence-electron chi connectivity index (χ1n) is 4.11. The Balaban J connectivity index is 3.37. The van der Waals surface area contributed by atoms with Crippen molar-refractivity contribution in [2.45, 2.75) is 6.43 Å². The van der Waals surface area contributed by atoms with Crippen LogP contribution in [0.2, 0.25) is 0 Å². The van der Waals surface area contributed by atoms with Crippen LogP contribution in [0.15, 0.2) is 6.20 Å². The molecule has 1 heterocycles. The first-order valence-corrected chi connectivity index (χ1v) is 4.11. The number of halogens is 3. The number of hydrogen-bond donors (Lipinski definition) is 0. The summed E-state index contributed by atoms with van der Waals surface area (Å²) in [5.41, 5.74) is -1.70. The zero-order chi connectivity index (χ0) is 12.3. The van der Waals surface area contributed by atoms with Crippen LogP contribution in [0, 0.1) is 5.82 Å². The van der Waals surface area contributed by atoms with Gasteiger partial charge >= 0.3 is 5.97 Å². The molecule has 0 saturated carbocycles. The zero-order valence-electron chi connectivity index (χ0n) is 8.46. The molecule has 1 aromatic rings. The van der Waals surface area contributed by atoms with Crippen LogP contribution in [0.1, 0.15) is 22.3 Å². The van der Waals surface area contributed by atoms with Gasteiger partial charge in [-0.3, -0.25) is 0 Å². The van der Waals surface area contributed by atoms with Crippen molar-refractivity contribution in [2.24, 2.45) is 0 Å². The summed E-state index contributed by atoms with van der Waals surface area (Å²) in [5, 5.41) is 0. The van der Waals surface area contributed by atoms with Gasteiger partial charge in [0.15, 0.2) is 5.82 Å². The number of nitrogens with zero attached hydrogens (tertiary/aromatic N) is 1. The highest BCUT2D eigenvalue weighted by Gasteiger charge is 2.26. The van der Waals surface area contributed by atoms with E-state index in [1.54, 1.807) is 0 Å². The van der Waals surface area contributed by atoms with Crippen molar-refractivity contribution < 1.29 is 27.4 Å². The summed E-state index contributed by atoms with van der Waals surface area (Å²) in [7, 11) is 2.08. The molecule has 0 bridgehead atoms. The largest absolute Gasteiger partial charge is 0.481 e. The number of esters is 1. The van der Waals surface area contributed by atoms with E-state index >= 15 is 0 Å². The van der Waals surface area contributed by atoms with Gasteiger partial charge in [-0.05, 0) is 0 Å². The maximum absolute atomic E-state index is 13.5. The minimum atomic E-state index is -3.13. The Morgan fingerprint density at radius 1 is 1.44 bits per heavy atom. The number of pyridine rings is 1. The summed E-state index contributed by atoms with van der Waals surface area (Å²) in [6.07, 6.45) is -2.35. The molecule has 0 spiro atoms. The van der Waals surface area contributed by atoms with Crippen LogP contribution >= 0.6 is 0 Å². The highest BCUT2D eigenvalue weighted by molar-refractivity contribution is 5.89. The Hall–Kier alpha value is -1.79. The number of aromatic nitrogens is 1. The standard InChI is InChI=1S/C9H8F3NO3/c1-15-8-5(7(11)12)6(10)4(3-13-8)9(14)16-2/h3,7H,1-2H3. The number of hydrogen-bond acceptors (Lipinski definition) is 4. The van der Waals surface area contributed by atoms with E-state index in [4.69, 9.17) is 0 Å². The highest BCUT2D eigenvalue weighted by Crippen LogP contribution is 2.31. The normalized spacial score (nSPS) is 10.4. The van der Waals surface area contributed by atoms with Crippen molar-refractivity contribution in [1.82, 2.24) is 4.98 Å². The quantitative estimate of drug-likeness (QED) is 0.751. The van der Waals surface area contributed by atoms with Crippen molar-refractivity contribution >= 4 is 5.97 Å². The summed E-state index contributed by atoms with van der Waals surface area (Å²) in [6.45, 7) is 0. The van der Waals surface area contributed by atoms with Crippen LogP contribution in [-0.2, 0) is 4.74 Å². The lowest BCUT2D eigenvalue weighted by Crippen LogP contribution is -2.10. The second-order valence-corrected chi connectivity index (χ2v) is 2.70. The van der Waals surface area contributed by atoms with Gasteiger partial charge in [0, 0.05) is 6.20 Å². The van der Waals surface area contributed by atoms with Gasteiger partial charge in [0.1, 0.15) is 11.1 Å². The number of alkyl halides is 2. The van der Waals surface area contributed by atoms with Crippen molar-refractivity contribution in [3.05, 3.63) is 23.1 Å². The molecule has 4 nitrogen and oxygen atoms in total. The van der Waals surface area contributed by atoms with Gasteiger partial charge in [-0.25, -0.2) is 22.9 Å². The molecule has 0 saturated heterocycles. The molecule has 0 radical (unpaired) electrons. The Bertz CT molecular complexity index is 409. The third kappa shape index (κ3) is 2.07. The summed E-state index contributed by atoms with van der Waals surface area (Å²) >= 11 is 0. The number of ether oxygens (including phenoxy) is 2. The van der Waals surface area contributed by atoms with E-state index < -0.39 is 35.2 Å². The average molecular weight is 235 g/mol. The lowest BCUT2D eigenvalue weighted by Gasteiger charge is -2.09. The Morgan fingerprint density at radius 2 is 2.06 bits per heavy atom. The van der Waals surface area contributed by atoms with E-state index in [0.29, 0.717) is 0 Å². The van der Waals surface area contributed by atoms with Crippen LogP contribution in [0.4, 0.5) is 13.2 Å². The number of methoxy groups -OCH3 is 2. The van der Waals surface area contributed by atoms with E-state index in [1.165, 1.54) is 0 Å². The van der Waals surface area contributed by atoms with Gasteiger partial charge in [0.2, 0.25) is 5.88 Å². The van der Waals surface area contributed by atoms with E-state index in [2.05, 4.69) is 14.5 Å². The first-order chi connectivity index (χ1) is 7.52. The fourth-order valence-electron chi connectivity index (χ4n) is 1.09. The van der Waals surface area contributed by atoms with E-state index in [-0.39, 0.29) is 0 Å². The predicted molar refractivity (Wildman–Crippen MR) is 47.0 cm³/mol. The highest BCUT2D eigenvalue weighted by atomic mass is 19.3. The zero-order valence-corrected chi connectivity index (χ0v) is 8.46. The van der Waals surface area contributed by atoms with E-state index in [1.807, 2.05) is 0 Å². The third-order valence-corrected chi connectivity index (χ3v) is 1.83. The minimum Gasteiger partial charge on any atom is -0.481 e. The Kier molecular flexibility index (Phi) is 3.70. The molecular formula is C9H8F3NO3. The monoisotopic (exact) mass is 235 g/mol. The average Bonchev–Trinajstić information content (AvgIpc) is 2.26. The summed E-state index contributed by atoms with van der Waals surface area (Å²) in [4.78, 5) is 14.4. The molecule has 88 valence electrons. The molecule has 0 aromatic carbocycles. The van der Waals surface area contributed by atoms with Crippen molar-refractivity contribution in [1.29, 1.82) is 0 Å². The summed E-state index contributed by atoms with van der Waals surface area (Å²) in [6, 6.07) is 0. The van der Waals surface area contributed by atoms with Crippen molar-refractivity contribution in [3.8, 4) is 5.88 Å². The molecule has 16 heavy (non-hydrogen) atoms. The summed E-state index contributed by atoms with van der Waals surface area (Å²) in [5.74, 6) is -3.01. The lowest BCUT2D eigenvalue weighted by atomic mass is 10.2. The van der Waals surface area contributed by atoms with Crippen LogP contribution in [0.25, 0.3) is 0 Å². The molecule has 0 N–H and O–H groups in total. The second-order valence-electron chi connectivity index (χ2n) is 2.70. The van der Waals surface area contributed by atoms with Crippen LogP contribution in [0.3, 0.4) is 0 Å². The fourth-order valence-corrected chi connectivity index (χ4v) is 1.09. The topological polar surface area (TPSA) is 48.4 Å². The summed E-state index contributed by atoms with van der Waals surface area (Å²) < 4.78 is 47.2. The third-order valence-electron chi connectivity index (χ3n) is 1.83. The first kappa shape index (κ1) is 12.3. The fraction of sp³-hybridized carbons (Fsp3) is 0.333. The SMILES string of the molecule is COC(=O)c1cnc(OC)c(C(F)F)c1F. The number of carbonyl (C=O) groups excluding carboxylic acids is 1. The molecule has 7 heteroatoms. The van der Waals surface area contributed by atoms with Crippen molar-refractivity contribution in [2.75, 3.05) is 14.2 Å². The minimum absolute atomic E-state index is 0.555. The van der Waals surface area contributed by atoms with E-state index in [9.17, 15) is 18.0 Å². The van der Waals surface area contributed by atoms with E-state index in [0.717, 1.165) is 20.4 Å². The predicted octanol–water partition coefficient (Wildman–Crippen LogP) is 1.95. The molecule has 0 aliphatic carbocycles. The Labute approximate surface area is 89.0 Å². The van der Waals surface area contributed by atoms with Gasteiger partial charge in [-0.15, -0.1) is 0 Å². The molecule has 0 atom stereocenters. The van der Waals surface area contributed by atoms with Gasteiger partial charge in [0.05, 0.1) is 14.2 Å².